The van der Waals surface area contributed by atoms with Crippen LogP contribution in [0.4, 0.5) is 13.2 Å². The first-order valence-electron chi connectivity index (χ1n) is 6.59. The fourth-order valence-corrected chi connectivity index (χ4v) is 2.12. The van der Waals surface area contributed by atoms with Gasteiger partial charge >= 0.3 is 11.9 Å². The van der Waals surface area contributed by atoms with Gasteiger partial charge < -0.3 is 0 Å². The third-order valence-electron chi connectivity index (χ3n) is 3.18. The van der Waals surface area contributed by atoms with Crippen LogP contribution in [0, 0.1) is 0 Å². The molecular weight excluding hydrogens is 311 g/mol. The quantitative estimate of drug-likeness (QED) is 0.744. The fourth-order valence-electron chi connectivity index (χ4n) is 2.12. The molecule has 0 atom stereocenters. The fraction of sp³-hybridized carbons (Fsp3) is 0.133. The predicted molar refractivity (Wildman–Crippen MR) is 74.5 cm³/mol. The summed E-state index contributed by atoms with van der Waals surface area (Å²) in [5.41, 5.74) is -0.0773. The zero-order valence-electron chi connectivity index (χ0n) is 11.6. The van der Waals surface area contributed by atoms with E-state index in [1.165, 1.54) is 18.3 Å². The second-order valence-corrected chi connectivity index (χ2v) is 4.77. The van der Waals surface area contributed by atoms with Gasteiger partial charge in [-0.1, -0.05) is 23.4 Å². The normalized spacial score (nSPS) is 11.6. The third kappa shape index (κ3) is 3.15. The molecule has 0 saturated carbocycles. The molecule has 0 amide bonds. The molecule has 1 aromatic carbocycles. The molecule has 118 valence electrons. The zero-order chi connectivity index (χ0) is 16.4. The maximum absolute atomic E-state index is 12.8. The van der Waals surface area contributed by atoms with Crippen LogP contribution in [0.1, 0.15) is 11.1 Å². The number of benzene rings is 1. The van der Waals surface area contributed by atoms with Crippen molar-refractivity contribution in [2.24, 2.45) is 0 Å². The van der Waals surface area contributed by atoms with Gasteiger partial charge in [-0.2, -0.15) is 13.2 Å². The highest BCUT2D eigenvalue weighted by atomic mass is 19.4. The van der Waals surface area contributed by atoms with Crippen LogP contribution in [0.25, 0.3) is 11.5 Å². The Morgan fingerprint density at radius 1 is 1.13 bits per heavy atom. The molecule has 0 aliphatic rings. The van der Waals surface area contributed by atoms with E-state index in [9.17, 15) is 18.0 Å². The van der Waals surface area contributed by atoms with Gasteiger partial charge in [0.25, 0.3) is 0 Å². The summed E-state index contributed by atoms with van der Waals surface area (Å²) >= 11 is 0. The van der Waals surface area contributed by atoms with Gasteiger partial charge in [-0.25, -0.2) is 4.79 Å². The van der Waals surface area contributed by atoms with Gasteiger partial charge in [0.1, 0.15) is 5.69 Å². The Bertz CT molecular complexity index is 869. The van der Waals surface area contributed by atoms with Crippen molar-refractivity contribution >= 4 is 0 Å². The Morgan fingerprint density at radius 3 is 2.65 bits per heavy atom. The first-order valence-corrected chi connectivity index (χ1v) is 6.59. The molecule has 0 fully saturated rings. The van der Waals surface area contributed by atoms with E-state index in [0.29, 0.717) is 11.3 Å². The van der Waals surface area contributed by atoms with Gasteiger partial charge in [0.15, 0.2) is 0 Å². The van der Waals surface area contributed by atoms with Crippen LogP contribution in [0.3, 0.4) is 0 Å². The molecule has 0 aliphatic heterocycles. The minimum Gasteiger partial charge on any atom is -0.295 e. The van der Waals surface area contributed by atoms with Gasteiger partial charge in [-0.3, -0.25) is 14.1 Å². The first kappa shape index (κ1) is 15.0. The van der Waals surface area contributed by atoms with Crippen molar-refractivity contribution in [2.75, 3.05) is 0 Å². The lowest BCUT2D eigenvalue weighted by Gasteiger charge is -2.09. The Balaban J connectivity index is 1.99. The highest BCUT2D eigenvalue weighted by Crippen LogP contribution is 2.29. The second kappa shape index (κ2) is 5.71. The maximum Gasteiger partial charge on any atom is 0.442 e. The van der Waals surface area contributed by atoms with Crippen molar-refractivity contribution in [3.05, 3.63) is 70.3 Å². The van der Waals surface area contributed by atoms with Crippen LogP contribution in [0.15, 0.2) is 58.0 Å². The Morgan fingerprint density at radius 2 is 1.96 bits per heavy atom. The number of rotatable bonds is 3. The van der Waals surface area contributed by atoms with Crippen LogP contribution < -0.4 is 5.76 Å². The minimum absolute atomic E-state index is 0.0990. The zero-order valence-corrected chi connectivity index (χ0v) is 11.6. The van der Waals surface area contributed by atoms with E-state index in [1.54, 1.807) is 18.2 Å². The van der Waals surface area contributed by atoms with Crippen LogP contribution in [-0.2, 0) is 12.7 Å². The molecule has 3 rings (SSSR count). The third-order valence-corrected chi connectivity index (χ3v) is 3.18. The Kier molecular flexibility index (Phi) is 3.73. The molecule has 2 heterocycles. The van der Waals surface area contributed by atoms with E-state index in [1.807, 2.05) is 0 Å². The van der Waals surface area contributed by atoms with Crippen molar-refractivity contribution in [3.8, 4) is 11.5 Å². The molecule has 23 heavy (non-hydrogen) atoms. The van der Waals surface area contributed by atoms with Crippen LogP contribution in [0.2, 0.25) is 0 Å². The summed E-state index contributed by atoms with van der Waals surface area (Å²) in [6.45, 7) is -0.0990. The summed E-state index contributed by atoms with van der Waals surface area (Å²) in [7, 11) is 0. The van der Waals surface area contributed by atoms with Gasteiger partial charge in [0, 0.05) is 6.20 Å². The predicted octanol–water partition coefficient (Wildman–Crippen LogP) is 2.97. The number of nitrogens with zero attached hydrogens (tertiary/aromatic N) is 3. The topological polar surface area (TPSA) is 60.9 Å². The van der Waals surface area contributed by atoms with Crippen molar-refractivity contribution in [2.45, 2.75) is 12.7 Å². The van der Waals surface area contributed by atoms with Crippen molar-refractivity contribution < 1.29 is 17.7 Å². The minimum atomic E-state index is -4.45. The van der Waals surface area contributed by atoms with Crippen LogP contribution >= 0.6 is 0 Å². The van der Waals surface area contributed by atoms with Gasteiger partial charge in [-0.15, -0.1) is 0 Å². The summed E-state index contributed by atoms with van der Waals surface area (Å²) < 4.78 is 44.0. The van der Waals surface area contributed by atoms with Crippen molar-refractivity contribution in [3.63, 3.8) is 0 Å². The number of hydrogen-bond donors (Lipinski definition) is 0. The molecular formula is C15H10F3N3O2. The summed E-state index contributed by atoms with van der Waals surface area (Å²) in [5, 5.41) is 3.64. The van der Waals surface area contributed by atoms with E-state index >= 15 is 0 Å². The molecule has 0 aliphatic carbocycles. The molecule has 0 bridgehead atoms. The lowest BCUT2D eigenvalue weighted by Crippen LogP contribution is -2.17. The molecule has 5 nitrogen and oxygen atoms in total. The SMILES string of the molecule is O=c1onc(-c2ccccn2)n1Cc1cccc(C(F)(F)F)c1. The Hall–Kier alpha value is -2.90. The van der Waals surface area contributed by atoms with Crippen LogP contribution in [-0.4, -0.2) is 14.7 Å². The van der Waals surface area contributed by atoms with Gasteiger partial charge in [0.2, 0.25) is 5.82 Å². The van der Waals surface area contributed by atoms with Gasteiger partial charge in [-0.05, 0) is 29.8 Å². The summed E-state index contributed by atoms with van der Waals surface area (Å²) in [4.78, 5) is 15.8. The molecule has 0 unspecified atom stereocenters. The standard InChI is InChI=1S/C15H10F3N3O2/c16-15(17,18)11-5-3-4-10(8-11)9-21-13(20-23-14(21)22)12-6-1-2-7-19-12/h1-8H,9H2. The van der Waals surface area contributed by atoms with E-state index in [2.05, 4.69) is 14.7 Å². The van der Waals surface area contributed by atoms with E-state index in [-0.39, 0.29) is 12.4 Å². The number of pyridine rings is 1. The van der Waals surface area contributed by atoms with E-state index in [0.717, 1.165) is 16.7 Å². The average Bonchev–Trinajstić information content (AvgIpc) is 2.89. The lowest BCUT2D eigenvalue weighted by molar-refractivity contribution is -0.137. The number of aromatic nitrogens is 3. The number of alkyl halides is 3. The lowest BCUT2D eigenvalue weighted by atomic mass is 10.1. The second-order valence-electron chi connectivity index (χ2n) is 4.77. The highest BCUT2D eigenvalue weighted by molar-refractivity contribution is 5.48. The Labute approximate surface area is 128 Å². The molecule has 2 aromatic heterocycles. The van der Waals surface area contributed by atoms with Crippen molar-refractivity contribution in [1.82, 2.24) is 14.7 Å². The monoisotopic (exact) mass is 321 g/mol. The molecule has 0 N–H and O–H groups in total. The average molecular weight is 321 g/mol. The molecule has 0 saturated heterocycles. The highest BCUT2D eigenvalue weighted by Gasteiger charge is 2.30. The maximum atomic E-state index is 12.8. The van der Waals surface area contributed by atoms with Crippen LogP contribution in [0.5, 0.6) is 0 Å². The summed E-state index contributed by atoms with van der Waals surface area (Å²) in [5.74, 6) is -0.601. The molecule has 8 heteroatoms. The molecule has 3 aromatic rings. The van der Waals surface area contributed by atoms with E-state index in [4.69, 9.17) is 0 Å². The number of hydrogen-bond acceptors (Lipinski definition) is 4. The largest absolute Gasteiger partial charge is 0.442 e. The molecule has 0 radical (unpaired) electrons. The number of halogens is 3. The summed E-state index contributed by atoms with van der Waals surface area (Å²) in [6, 6.07) is 9.77. The summed E-state index contributed by atoms with van der Waals surface area (Å²) in [6.07, 6.45) is -2.93. The first-order chi connectivity index (χ1) is 10.9. The smallest absolute Gasteiger partial charge is 0.295 e. The molecule has 0 spiro atoms. The van der Waals surface area contributed by atoms with Gasteiger partial charge in [0.05, 0.1) is 12.1 Å². The van der Waals surface area contributed by atoms with E-state index < -0.39 is 17.5 Å². The van der Waals surface area contributed by atoms with Crippen molar-refractivity contribution in [1.29, 1.82) is 0 Å².